The van der Waals surface area contributed by atoms with E-state index in [-0.39, 0.29) is 11.5 Å². The predicted octanol–water partition coefficient (Wildman–Crippen LogP) is 3.20. The minimum absolute atomic E-state index is 0.236. The van der Waals surface area contributed by atoms with E-state index in [0.29, 0.717) is 29.0 Å². The van der Waals surface area contributed by atoms with Crippen molar-refractivity contribution in [3.63, 3.8) is 0 Å². The fourth-order valence-electron chi connectivity index (χ4n) is 2.83. The second-order valence-corrected chi connectivity index (χ2v) is 6.54. The van der Waals surface area contributed by atoms with Crippen molar-refractivity contribution in [2.45, 2.75) is 40.3 Å². The third-order valence-electron chi connectivity index (χ3n) is 4.69. The smallest absolute Gasteiger partial charge is 0.339 e. The molecule has 2 heterocycles. The Morgan fingerprint density at radius 2 is 1.96 bits per heavy atom. The van der Waals surface area contributed by atoms with Gasteiger partial charge in [0.2, 0.25) is 0 Å². The zero-order chi connectivity index (χ0) is 19.6. The molecule has 1 amide bonds. The quantitative estimate of drug-likeness (QED) is 0.701. The van der Waals surface area contributed by atoms with Crippen LogP contribution in [0.25, 0.3) is 11.0 Å². The van der Waals surface area contributed by atoms with Gasteiger partial charge in [0.25, 0.3) is 5.91 Å². The molecule has 3 rings (SSSR count). The zero-order valence-corrected chi connectivity index (χ0v) is 15.8. The lowest BCUT2D eigenvalue weighted by molar-refractivity contribution is -0.127. The highest BCUT2D eigenvalue weighted by Crippen LogP contribution is 2.29. The summed E-state index contributed by atoms with van der Waals surface area (Å²) in [5, 5.41) is 3.69. The van der Waals surface area contributed by atoms with Crippen LogP contribution in [0.1, 0.15) is 29.2 Å². The van der Waals surface area contributed by atoms with E-state index in [1.807, 2.05) is 32.0 Å². The molecule has 1 atom stereocenters. The van der Waals surface area contributed by atoms with Crippen LogP contribution in [0, 0.1) is 20.8 Å². The fraction of sp³-hybridized carbons (Fsp3) is 0.286. The Kier molecular flexibility index (Phi) is 5.26. The Balaban J connectivity index is 1.77. The molecule has 1 N–H and O–H groups in total. The van der Waals surface area contributed by atoms with E-state index in [4.69, 9.17) is 9.15 Å². The van der Waals surface area contributed by atoms with E-state index in [0.717, 1.165) is 16.5 Å². The standard InChI is InChI=1S/C21H22N2O4/c1-12-13(2)21(25)27-19-14(3)18(8-7-17(12)19)26-15(4)20(24)23-11-16-6-5-9-22-10-16/h5-10,15H,11H2,1-4H3,(H,23,24). The van der Waals surface area contributed by atoms with Gasteiger partial charge in [-0.1, -0.05) is 6.07 Å². The molecular weight excluding hydrogens is 344 g/mol. The summed E-state index contributed by atoms with van der Waals surface area (Å²) in [6.45, 7) is 7.51. The molecule has 0 aliphatic heterocycles. The van der Waals surface area contributed by atoms with Crippen LogP contribution in [0.2, 0.25) is 0 Å². The topological polar surface area (TPSA) is 81.4 Å². The van der Waals surface area contributed by atoms with Crippen molar-refractivity contribution in [3.8, 4) is 5.75 Å². The number of aromatic nitrogens is 1. The third kappa shape index (κ3) is 3.84. The summed E-state index contributed by atoms with van der Waals surface area (Å²) in [7, 11) is 0. The van der Waals surface area contributed by atoms with E-state index in [2.05, 4.69) is 10.3 Å². The molecule has 0 saturated heterocycles. The Bertz CT molecular complexity index is 1040. The number of aryl methyl sites for hydroxylation is 2. The van der Waals surface area contributed by atoms with Crippen LogP contribution in [0.15, 0.2) is 45.9 Å². The molecule has 27 heavy (non-hydrogen) atoms. The SMILES string of the molecule is Cc1c(C)c2ccc(OC(C)C(=O)NCc3cccnc3)c(C)c2oc1=O. The predicted molar refractivity (Wildman–Crippen MR) is 103 cm³/mol. The molecule has 0 radical (unpaired) electrons. The molecular formula is C21H22N2O4. The number of fused-ring (bicyclic) bond motifs is 1. The number of rotatable bonds is 5. The average molecular weight is 366 g/mol. The van der Waals surface area contributed by atoms with Gasteiger partial charge < -0.3 is 14.5 Å². The summed E-state index contributed by atoms with van der Waals surface area (Å²) < 4.78 is 11.3. The molecule has 0 bridgehead atoms. The van der Waals surface area contributed by atoms with Crippen molar-refractivity contribution in [2.24, 2.45) is 0 Å². The maximum absolute atomic E-state index is 12.3. The molecule has 0 aliphatic rings. The second-order valence-electron chi connectivity index (χ2n) is 6.54. The Morgan fingerprint density at radius 3 is 2.67 bits per heavy atom. The Morgan fingerprint density at radius 1 is 1.19 bits per heavy atom. The van der Waals surface area contributed by atoms with Gasteiger partial charge in [0.15, 0.2) is 6.10 Å². The normalized spacial score (nSPS) is 12.0. The van der Waals surface area contributed by atoms with Crippen LogP contribution in [-0.4, -0.2) is 17.0 Å². The molecule has 0 spiro atoms. The Labute approximate surface area is 157 Å². The maximum atomic E-state index is 12.3. The molecule has 140 valence electrons. The van der Waals surface area contributed by atoms with Crippen LogP contribution < -0.4 is 15.7 Å². The number of hydrogen-bond donors (Lipinski definition) is 1. The lowest BCUT2D eigenvalue weighted by Crippen LogP contribution is -2.36. The fourth-order valence-corrected chi connectivity index (χ4v) is 2.83. The minimum Gasteiger partial charge on any atom is -0.480 e. The summed E-state index contributed by atoms with van der Waals surface area (Å²) in [4.78, 5) is 28.3. The first-order chi connectivity index (χ1) is 12.9. The molecule has 2 aromatic heterocycles. The third-order valence-corrected chi connectivity index (χ3v) is 4.69. The highest BCUT2D eigenvalue weighted by Gasteiger charge is 2.18. The number of amides is 1. The van der Waals surface area contributed by atoms with Gasteiger partial charge in [0.1, 0.15) is 11.3 Å². The van der Waals surface area contributed by atoms with Crippen molar-refractivity contribution in [3.05, 3.63) is 69.3 Å². The van der Waals surface area contributed by atoms with Crippen molar-refractivity contribution in [1.29, 1.82) is 0 Å². The minimum atomic E-state index is -0.698. The summed E-state index contributed by atoms with van der Waals surface area (Å²) >= 11 is 0. The number of nitrogens with zero attached hydrogens (tertiary/aromatic N) is 1. The number of ether oxygens (including phenoxy) is 1. The number of nitrogens with one attached hydrogen (secondary N) is 1. The lowest BCUT2D eigenvalue weighted by atomic mass is 10.0. The van der Waals surface area contributed by atoms with Crippen LogP contribution in [0.4, 0.5) is 0 Å². The number of carbonyl (C=O) groups excluding carboxylic acids is 1. The van der Waals surface area contributed by atoms with Crippen LogP contribution >= 0.6 is 0 Å². The molecule has 3 aromatic rings. The van der Waals surface area contributed by atoms with Gasteiger partial charge in [-0.2, -0.15) is 0 Å². The highest BCUT2D eigenvalue weighted by atomic mass is 16.5. The van der Waals surface area contributed by atoms with E-state index in [1.54, 1.807) is 32.3 Å². The van der Waals surface area contributed by atoms with Gasteiger partial charge in [-0.15, -0.1) is 0 Å². The number of hydrogen-bond acceptors (Lipinski definition) is 5. The summed E-state index contributed by atoms with van der Waals surface area (Å²) in [6.07, 6.45) is 2.68. The van der Waals surface area contributed by atoms with E-state index in [1.165, 1.54) is 0 Å². The van der Waals surface area contributed by atoms with Crippen molar-refractivity contribution in [2.75, 3.05) is 0 Å². The molecule has 0 saturated carbocycles. The first-order valence-corrected chi connectivity index (χ1v) is 8.75. The summed E-state index contributed by atoms with van der Waals surface area (Å²) in [5.41, 5.74) is 3.22. The molecule has 1 aromatic carbocycles. The molecule has 0 aliphatic carbocycles. The van der Waals surface area contributed by atoms with E-state index < -0.39 is 6.10 Å². The zero-order valence-electron chi connectivity index (χ0n) is 15.8. The molecule has 6 heteroatoms. The maximum Gasteiger partial charge on any atom is 0.339 e. The van der Waals surface area contributed by atoms with Crippen LogP contribution in [-0.2, 0) is 11.3 Å². The molecule has 0 fully saturated rings. The average Bonchev–Trinajstić information content (AvgIpc) is 2.67. The lowest BCUT2D eigenvalue weighted by Gasteiger charge is -2.17. The summed E-state index contributed by atoms with van der Waals surface area (Å²) in [5.74, 6) is 0.276. The van der Waals surface area contributed by atoms with Crippen molar-refractivity contribution < 1.29 is 13.9 Å². The van der Waals surface area contributed by atoms with Crippen molar-refractivity contribution in [1.82, 2.24) is 10.3 Å². The van der Waals surface area contributed by atoms with Gasteiger partial charge in [-0.3, -0.25) is 9.78 Å². The first kappa shape index (κ1) is 18.6. The highest BCUT2D eigenvalue weighted by molar-refractivity contribution is 5.86. The molecule has 6 nitrogen and oxygen atoms in total. The van der Waals surface area contributed by atoms with Gasteiger partial charge >= 0.3 is 5.63 Å². The van der Waals surface area contributed by atoms with Gasteiger partial charge in [0.05, 0.1) is 0 Å². The molecule has 1 unspecified atom stereocenters. The van der Waals surface area contributed by atoms with Crippen molar-refractivity contribution >= 4 is 16.9 Å². The largest absolute Gasteiger partial charge is 0.480 e. The number of pyridine rings is 1. The number of benzene rings is 1. The van der Waals surface area contributed by atoms with Crippen LogP contribution in [0.5, 0.6) is 5.75 Å². The second kappa shape index (κ2) is 7.61. The monoisotopic (exact) mass is 366 g/mol. The number of carbonyl (C=O) groups is 1. The Hall–Kier alpha value is -3.15. The summed E-state index contributed by atoms with van der Waals surface area (Å²) in [6, 6.07) is 7.36. The van der Waals surface area contributed by atoms with Gasteiger partial charge in [0, 0.05) is 35.5 Å². The van der Waals surface area contributed by atoms with Gasteiger partial charge in [-0.05, 0) is 57.0 Å². The van der Waals surface area contributed by atoms with Crippen LogP contribution in [0.3, 0.4) is 0 Å². The first-order valence-electron chi connectivity index (χ1n) is 8.75. The van der Waals surface area contributed by atoms with E-state index in [9.17, 15) is 9.59 Å². The van der Waals surface area contributed by atoms with Gasteiger partial charge in [-0.25, -0.2) is 4.79 Å². The van der Waals surface area contributed by atoms with E-state index >= 15 is 0 Å².